The van der Waals surface area contributed by atoms with Gasteiger partial charge < -0.3 is 15.4 Å². The molecule has 0 fully saturated rings. The fourth-order valence-electron chi connectivity index (χ4n) is 2.28. The smallest absolute Gasteiger partial charge is 0.209 e. The Bertz CT molecular complexity index is 714. The van der Waals surface area contributed by atoms with E-state index in [-0.39, 0.29) is 35.9 Å². The molecule has 0 bridgehead atoms. The van der Waals surface area contributed by atoms with E-state index in [9.17, 15) is 12.8 Å². The van der Waals surface area contributed by atoms with E-state index >= 15 is 0 Å². The fourth-order valence-corrected chi connectivity index (χ4v) is 3.35. The third-order valence-corrected chi connectivity index (χ3v) is 4.36. The van der Waals surface area contributed by atoms with E-state index < -0.39 is 15.6 Å². The number of ether oxygens (including phenoxy) is 1. The van der Waals surface area contributed by atoms with Crippen molar-refractivity contribution in [3.63, 3.8) is 0 Å². The van der Waals surface area contributed by atoms with Crippen LogP contribution < -0.4 is 20.1 Å². The van der Waals surface area contributed by atoms with E-state index in [1.54, 1.807) is 33.0 Å². The lowest BCUT2D eigenvalue weighted by molar-refractivity contribution is 0.198. The molecule has 0 aliphatic carbocycles. The van der Waals surface area contributed by atoms with Crippen LogP contribution in [0.2, 0.25) is 0 Å². The Morgan fingerprint density at radius 3 is 2.52 bits per heavy atom. The van der Waals surface area contributed by atoms with Gasteiger partial charge in [-0.15, -0.1) is 24.0 Å². The number of rotatable bonds is 9. The van der Waals surface area contributed by atoms with Crippen molar-refractivity contribution >= 4 is 40.0 Å². The van der Waals surface area contributed by atoms with Crippen LogP contribution in [-0.4, -0.2) is 52.4 Å². The summed E-state index contributed by atoms with van der Waals surface area (Å²) in [6.07, 6.45) is 1.68. The predicted molar refractivity (Wildman–Crippen MR) is 118 cm³/mol. The zero-order valence-corrected chi connectivity index (χ0v) is 19.5. The lowest BCUT2D eigenvalue weighted by atomic mass is 10.1. The first-order chi connectivity index (χ1) is 12.0. The molecule has 1 aromatic carbocycles. The second kappa shape index (κ2) is 11.6. The van der Waals surface area contributed by atoms with E-state index in [1.165, 1.54) is 12.1 Å². The van der Waals surface area contributed by atoms with E-state index in [0.29, 0.717) is 24.8 Å². The normalized spacial score (nSPS) is 13.5. The summed E-state index contributed by atoms with van der Waals surface area (Å²) in [6.45, 7) is 6.33. The first-order valence-corrected chi connectivity index (χ1v) is 10.3. The molecule has 1 rings (SSSR count). The highest BCUT2D eigenvalue weighted by Crippen LogP contribution is 2.14. The summed E-state index contributed by atoms with van der Waals surface area (Å²) in [4.78, 5) is 4.12. The lowest BCUT2D eigenvalue weighted by Gasteiger charge is -2.27. The SMILES string of the molecule is CCC(CNC(=NC)NCC(C)(C)NS(C)(=O)=O)Oc1cccc(F)c1.I. The van der Waals surface area contributed by atoms with E-state index in [4.69, 9.17) is 4.74 Å². The molecule has 0 spiro atoms. The Morgan fingerprint density at radius 2 is 2.00 bits per heavy atom. The van der Waals surface area contributed by atoms with Crippen LogP contribution in [0.5, 0.6) is 5.75 Å². The van der Waals surface area contributed by atoms with Crippen LogP contribution in [0.4, 0.5) is 4.39 Å². The maximum absolute atomic E-state index is 13.2. The quantitative estimate of drug-likeness (QED) is 0.266. The summed E-state index contributed by atoms with van der Waals surface area (Å²) >= 11 is 0. The van der Waals surface area contributed by atoms with Gasteiger partial charge in [-0.1, -0.05) is 13.0 Å². The zero-order valence-electron chi connectivity index (χ0n) is 16.4. The van der Waals surface area contributed by atoms with Crippen molar-refractivity contribution in [2.75, 3.05) is 26.4 Å². The predicted octanol–water partition coefficient (Wildman–Crippen LogP) is 2.09. The Balaban J connectivity index is 0.00000676. The molecule has 0 saturated carbocycles. The van der Waals surface area contributed by atoms with Crippen molar-refractivity contribution in [1.82, 2.24) is 15.4 Å². The van der Waals surface area contributed by atoms with Crippen molar-refractivity contribution in [2.24, 2.45) is 4.99 Å². The molecule has 0 aromatic heterocycles. The van der Waals surface area contributed by atoms with Gasteiger partial charge in [-0.2, -0.15) is 0 Å². The third kappa shape index (κ3) is 11.3. The minimum absolute atomic E-state index is 0. The first kappa shape index (κ1) is 25.9. The molecule has 0 radical (unpaired) electrons. The molecule has 27 heavy (non-hydrogen) atoms. The number of benzene rings is 1. The van der Waals surface area contributed by atoms with Crippen molar-refractivity contribution in [3.8, 4) is 5.75 Å². The molecule has 156 valence electrons. The van der Waals surface area contributed by atoms with Gasteiger partial charge in [0.2, 0.25) is 10.0 Å². The number of sulfonamides is 1. The molecule has 0 saturated heterocycles. The van der Waals surface area contributed by atoms with Gasteiger partial charge in [0.25, 0.3) is 0 Å². The summed E-state index contributed by atoms with van der Waals surface area (Å²) in [5.74, 6) is 0.651. The lowest BCUT2D eigenvalue weighted by Crippen LogP contribution is -2.53. The minimum Gasteiger partial charge on any atom is -0.489 e. The molecule has 0 amide bonds. The van der Waals surface area contributed by atoms with E-state index in [0.717, 1.165) is 12.7 Å². The molecular weight excluding hydrogens is 486 g/mol. The fraction of sp³-hybridized carbons (Fsp3) is 0.588. The Labute approximate surface area is 178 Å². The summed E-state index contributed by atoms with van der Waals surface area (Å²) in [7, 11) is -1.68. The van der Waals surface area contributed by atoms with Crippen LogP contribution in [-0.2, 0) is 10.0 Å². The Kier molecular flexibility index (Phi) is 11.2. The van der Waals surface area contributed by atoms with Crippen LogP contribution >= 0.6 is 24.0 Å². The Morgan fingerprint density at radius 1 is 1.33 bits per heavy atom. The molecule has 0 aliphatic heterocycles. The molecule has 7 nitrogen and oxygen atoms in total. The molecule has 10 heteroatoms. The van der Waals surface area contributed by atoms with Crippen LogP contribution in [0.1, 0.15) is 27.2 Å². The van der Waals surface area contributed by atoms with Crippen LogP contribution in [0.3, 0.4) is 0 Å². The highest BCUT2D eigenvalue weighted by atomic mass is 127. The van der Waals surface area contributed by atoms with E-state index in [1.807, 2.05) is 6.92 Å². The highest BCUT2D eigenvalue weighted by Gasteiger charge is 2.22. The van der Waals surface area contributed by atoms with Gasteiger partial charge in [-0.3, -0.25) is 4.99 Å². The molecule has 0 aliphatic rings. The summed E-state index contributed by atoms with van der Waals surface area (Å²) in [6, 6.07) is 6.01. The van der Waals surface area contributed by atoms with Gasteiger partial charge in [-0.25, -0.2) is 17.5 Å². The van der Waals surface area contributed by atoms with Gasteiger partial charge in [-0.05, 0) is 32.4 Å². The van der Waals surface area contributed by atoms with Gasteiger partial charge in [0.1, 0.15) is 17.7 Å². The number of hydrogen-bond donors (Lipinski definition) is 3. The molecule has 0 heterocycles. The summed E-state index contributed by atoms with van der Waals surface area (Å²) in [5.41, 5.74) is -0.673. The maximum Gasteiger partial charge on any atom is 0.209 e. The van der Waals surface area contributed by atoms with Gasteiger partial charge in [0, 0.05) is 25.2 Å². The average Bonchev–Trinajstić information content (AvgIpc) is 2.51. The topological polar surface area (TPSA) is 91.8 Å². The minimum atomic E-state index is -3.31. The number of nitrogens with zero attached hydrogens (tertiary/aromatic N) is 1. The van der Waals surface area contributed by atoms with Gasteiger partial charge in [0.05, 0.1) is 12.8 Å². The van der Waals surface area contributed by atoms with Gasteiger partial charge >= 0.3 is 0 Å². The standard InChI is InChI=1S/C17H29FN4O3S.HI/c1-6-14(25-15-9-7-8-13(18)10-15)11-20-16(19-4)21-12-17(2,3)22-26(5,23)24;/h7-10,14,22H,6,11-12H2,1-5H3,(H2,19,20,21);1H. The van der Waals surface area contributed by atoms with Crippen LogP contribution in [0, 0.1) is 5.82 Å². The van der Waals surface area contributed by atoms with Crippen LogP contribution in [0.15, 0.2) is 29.3 Å². The molecule has 1 aromatic rings. The molecular formula is C17H30FIN4O3S. The first-order valence-electron chi connectivity index (χ1n) is 8.40. The second-order valence-corrected chi connectivity index (χ2v) is 8.42. The summed E-state index contributed by atoms with van der Waals surface area (Å²) in [5, 5.41) is 6.21. The van der Waals surface area contributed by atoms with Gasteiger partial charge in [0.15, 0.2) is 5.96 Å². The largest absolute Gasteiger partial charge is 0.489 e. The average molecular weight is 516 g/mol. The summed E-state index contributed by atoms with van der Waals surface area (Å²) < 4.78 is 44.3. The number of nitrogens with one attached hydrogen (secondary N) is 3. The van der Waals surface area contributed by atoms with Crippen molar-refractivity contribution in [2.45, 2.75) is 38.8 Å². The maximum atomic E-state index is 13.2. The van der Waals surface area contributed by atoms with Crippen molar-refractivity contribution in [1.29, 1.82) is 0 Å². The number of halogens is 2. The molecule has 3 N–H and O–H groups in total. The number of hydrogen-bond acceptors (Lipinski definition) is 4. The number of aliphatic imine (C=N–C) groups is 1. The zero-order chi connectivity index (χ0) is 19.8. The molecule has 1 atom stereocenters. The second-order valence-electron chi connectivity index (χ2n) is 6.67. The third-order valence-electron chi connectivity index (χ3n) is 3.43. The van der Waals surface area contributed by atoms with E-state index in [2.05, 4.69) is 20.3 Å². The van der Waals surface area contributed by atoms with Crippen LogP contribution in [0.25, 0.3) is 0 Å². The highest BCUT2D eigenvalue weighted by molar-refractivity contribution is 14.0. The van der Waals surface area contributed by atoms with Crippen molar-refractivity contribution < 1.29 is 17.5 Å². The van der Waals surface area contributed by atoms with Crippen molar-refractivity contribution in [3.05, 3.63) is 30.1 Å². The monoisotopic (exact) mass is 516 g/mol. The number of guanidine groups is 1. The Hall–Kier alpha value is -1.14. The molecule has 1 unspecified atom stereocenters.